The Bertz CT molecular complexity index is 301. The Morgan fingerprint density at radius 3 is 2.75 bits per heavy atom. The Labute approximate surface area is 79.1 Å². The van der Waals surface area contributed by atoms with Gasteiger partial charge in [0.1, 0.15) is 11.2 Å². The van der Waals surface area contributed by atoms with Crippen molar-refractivity contribution in [3.8, 4) is 0 Å². The molecule has 0 aliphatic heterocycles. The second-order valence-electron chi connectivity index (χ2n) is 2.12. The zero-order valence-corrected chi connectivity index (χ0v) is 7.36. The number of alkyl halides is 1. The number of hydrogen-bond donors (Lipinski definition) is 0. The molecular formula is C8H4Cl2FO. The third-order valence-corrected chi connectivity index (χ3v) is 1.97. The normalized spacial score (nSPS) is 12.6. The predicted molar refractivity (Wildman–Crippen MR) is 45.7 cm³/mol. The molecule has 0 spiro atoms. The van der Waals surface area contributed by atoms with Gasteiger partial charge in [0.25, 0.3) is 0 Å². The van der Waals surface area contributed by atoms with Gasteiger partial charge < -0.3 is 0 Å². The SMILES string of the molecule is O=[C]C(Cl)c1cccc(Cl)c1F. The van der Waals surface area contributed by atoms with Crippen LogP contribution in [0.4, 0.5) is 4.39 Å². The molecule has 1 radical (unpaired) electrons. The van der Waals surface area contributed by atoms with Gasteiger partial charge in [0.2, 0.25) is 6.29 Å². The molecule has 0 fully saturated rings. The van der Waals surface area contributed by atoms with Crippen LogP contribution in [-0.2, 0) is 4.79 Å². The van der Waals surface area contributed by atoms with E-state index < -0.39 is 11.2 Å². The molecule has 12 heavy (non-hydrogen) atoms. The molecule has 0 heterocycles. The Morgan fingerprint density at radius 2 is 2.17 bits per heavy atom. The van der Waals surface area contributed by atoms with E-state index in [4.69, 9.17) is 23.2 Å². The van der Waals surface area contributed by atoms with E-state index in [2.05, 4.69) is 0 Å². The zero-order valence-electron chi connectivity index (χ0n) is 5.85. The van der Waals surface area contributed by atoms with Crippen molar-refractivity contribution in [3.05, 3.63) is 34.6 Å². The van der Waals surface area contributed by atoms with Gasteiger partial charge in [0.05, 0.1) is 5.02 Å². The quantitative estimate of drug-likeness (QED) is 0.680. The van der Waals surface area contributed by atoms with Crippen LogP contribution in [0.1, 0.15) is 10.9 Å². The maximum Gasteiger partial charge on any atom is 0.222 e. The summed E-state index contributed by atoms with van der Waals surface area (Å²) in [6, 6.07) is 4.30. The van der Waals surface area contributed by atoms with Crippen LogP contribution >= 0.6 is 23.2 Å². The Balaban J connectivity index is 3.15. The number of hydrogen-bond acceptors (Lipinski definition) is 1. The molecule has 1 atom stereocenters. The van der Waals surface area contributed by atoms with Gasteiger partial charge in [-0.15, -0.1) is 11.6 Å². The fourth-order valence-electron chi connectivity index (χ4n) is 0.780. The highest BCUT2D eigenvalue weighted by molar-refractivity contribution is 6.31. The van der Waals surface area contributed by atoms with Crippen LogP contribution < -0.4 is 0 Å². The molecule has 0 aliphatic carbocycles. The lowest BCUT2D eigenvalue weighted by Crippen LogP contribution is -1.95. The fourth-order valence-corrected chi connectivity index (χ4v) is 1.13. The van der Waals surface area contributed by atoms with E-state index in [9.17, 15) is 9.18 Å². The summed E-state index contributed by atoms with van der Waals surface area (Å²) in [7, 11) is 0. The summed E-state index contributed by atoms with van der Waals surface area (Å²) in [5, 5.41) is -1.14. The van der Waals surface area contributed by atoms with Crippen molar-refractivity contribution in [2.24, 2.45) is 0 Å². The summed E-state index contributed by atoms with van der Waals surface area (Å²) in [6.07, 6.45) is 1.47. The van der Waals surface area contributed by atoms with E-state index in [-0.39, 0.29) is 10.6 Å². The lowest BCUT2D eigenvalue weighted by molar-refractivity contribution is 0.550. The molecule has 0 aromatic heterocycles. The Hall–Kier alpha value is -0.600. The van der Waals surface area contributed by atoms with Crippen molar-refractivity contribution in [1.82, 2.24) is 0 Å². The molecule has 1 rings (SSSR count). The first-order valence-corrected chi connectivity index (χ1v) is 3.94. The third kappa shape index (κ3) is 1.76. The molecule has 1 aromatic rings. The van der Waals surface area contributed by atoms with Crippen molar-refractivity contribution >= 4 is 29.5 Å². The van der Waals surface area contributed by atoms with Crippen LogP contribution in [0.2, 0.25) is 5.02 Å². The highest BCUT2D eigenvalue weighted by Gasteiger charge is 2.14. The molecule has 0 saturated heterocycles. The number of benzene rings is 1. The minimum absolute atomic E-state index is 0.0478. The standard InChI is InChI=1S/C8H4Cl2FO/c9-6-3-1-2-5(8(6)11)7(10)4-12/h1-3,7H. The largest absolute Gasteiger partial charge is 0.289 e. The van der Waals surface area contributed by atoms with E-state index >= 15 is 0 Å². The molecule has 0 bridgehead atoms. The van der Waals surface area contributed by atoms with Crippen LogP contribution in [0.15, 0.2) is 18.2 Å². The van der Waals surface area contributed by atoms with Crippen LogP contribution in [-0.4, -0.2) is 6.29 Å². The zero-order chi connectivity index (χ0) is 9.14. The lowest BCUT2D eigenvalue weighted by Gasteiger charge is -2.03. The smallest absolute Gasteiger partial charge is 0.222 e. The Kier molecular flexibility index (Phi) is 3.06. The monoisotopic (exact) mass is 205 g/mol. The van der Waals surface area contributed by atoms with Gasteiger partial charge in [-0.1, -0.05) is 23.7 Å². The number of carbonyl (C=O) groups excluding carboxylic acids is 1. The second kappa shape index (κ2) is 3.87. The molecule has 1 aromatic carbocycles. The van der Waals surface area contributed by atoms with Crippen molar-refractivity contribution < 1.29 is 9.18 Å². The molecule has 0 saturated carbocycles. The van der Waals surface area contributed by atoms with Gasteiger partial charge in [-0.25, -0.2) is 4.39 Å². The first-order valence-electron chi connectivity index (χ1n) is 3.12. The van der Waals surface area contributed by atoms with Gasteiger partial charge in [0, 0.05) is 5.56 Å². The average Bonchev–Trinajstić information content (AvgIpc) is 2.08. The summed E-state index contributed by atoms with van der Waals surface area (Å²) < 4.78 is 13.0. The molecule has 1 unspecified atom stereocenters. The molecule has 4 heteroatoms. The summed E-state index contributed by atoms with van der Waals surface area (Å²) >= 11 is 10.9. The van der Waals surface area contributed by atoms with Crippen molar-refractivity contribution in [1.29, 1.82) is 0 Å². The number of halogens is 3. The summed E-state index contributed by atoms with van der Waals surface area (Å²) in [5.74, 6) is -0.664. The predicted octanol–water partition coefficient (Wildman–Crippen LogP) is 2.87. The van der Waals surface area contributed by atoms with Gasteiger partial charge >= 0.3 is 0 Å². The summed E-state index contributed by atoms with van der Waals surface area (Å²) in [6.45, 7) is 0. The maximum absolute atomic E-state index is 13.0. The Morgan fingerprint density at radius 1 is 1.50 bits per heavy atom. The van der Waals surface area contributed by atoms with Crippen molar-refractivity contribution in [3.63, 3.8) is 0 Å². The molecule has 0 N–H and O–H groups in total. The molecule has 0 amide bonds. The molecule has 63 valence electrons. The van der Waals surface area contributed by atoms with Crippen LogP contribution in [0.25, 0.3) is 0 Å². The first kappa shape index (κ1) is 9.49. The first-order chi connectivity index (χ1) is 5.66. The topological polar surface area (TPSA) is 17.1 Å². The van der Waals surface area contributed by atoms with E-state index in [1.165, 1.54) is 24.5 Å². The van der Waals surface area contributed by atoms with Crippen LogP contribution in [0.5, 0.6) is 0 Å². The lowest BCUT2D eigenvalue weighted by atomic mass is 10.1. The maximum atomic E-state index is 13.0. The highest BCUT2D eigenvalue weighted by Crippen LogP contribution is 2.25. The van der Waals surface area contributed by atoms with Crippen molar-refractivity contribution in [2.75, 3.05) is 0 Å². The minimum atomic E-state index is -1.09. The number of rotatable bonds is 2. The van der Waals surface area contributed by atoms with Gasteiger partial charge in [-0.05, 0) is 6.07 Å². The fraction of sp³-hybridized carbons (Fsp3) is 0.125. The average molecular weight is 206 g/mol. The van der Waals surface area contributed by atoms with E-state index in [1.807, 2.05) is 0 Å². The van der Waals surface area contributed by atoms with E-state index in [0.29, 0.717) is 0 Å². The highest BCUT2D eigenvalue weighted by atomic mass is 35.5. The van der Waals surface area contributed by atoms with E-state index in [0.717, 1.165) is 0 Å². The molecule has 1 nitrogen and oxygen atoms in total. The summed E-state index contributed by atoms with van der Waals surface area (Å²) in [4.78, 5) is 10.1. The minimum Gasteiger partial charge on any atom is -0.289 e. The third-order valence-electron chi connectivity index (χ3n) is 1.36. The van der Waals surface area contributed by atoms with Crippen LogP contribution in [0.3, 0.4) is 0 Å². The van der Waals surface area contributed by atoms with Crippen molar-refractivity contribution in [2.45, 2.75) is 5.38 Å². The molecule has 0 aliphatic rings. The van der Waals surface area contributed by atoms with Crippen LogP contribution in [0, 0.1) is 5.82 Å². The van der Waals surface area contributed by atoms with Gasteiger partial charge in [0.15, 0.2) is 0 Å². The summed E-state index contributed by atoms with van der Waals surface area (Å²) in [5.41, 5.74) is 0.0548. The van der Waals surface area contributed by atoms with Gasteiger partial charge in [-0.2, -0.15) is 0 Å². The van der Waals surface area contributed by atoms with E-state index in [1.54, 1.807) is 0 Å². The second-order valence-corrected chi connectivity index (χ2v) is 2.97. The molecular weight excluding hydrogens is 202 g/mol. The van der Waals surface area contributed by atoms with Gasteiger partial charge in [-0.3, -0.25) is 4.79 Å².